The molecular formula is C10H11ClFN3OS. The molecule has 1 rings (SSSR count). The minimum Gasteiger partial charge on any atom is -0.251 e. The van der Waals surface area contributed by atoms with Crippen molar-refractivity contribution in [3.8, 4) is 6.19 Å². The van der Waals surface area contributed by atoms with E-state index in [4.69, 9.17) is 16.9 Å². The van der Waals surface area contributed by atoms with E-state index in [9.17, 15) is 8.60 Å². The summed E-state index contributed by atoms with van der Waals surface area (Å²) in [7, 11) is -2.81. The molecule has 1 aromatic rings. The first kappa shape index (κ1) is 13.9. The lowest BCUT2D eigenvalue weighted by atomic mass is 10.1. The van der Waals surface area contributed by atoms with Crippen LogP contribution in [-0.2, 0) is 9.73 Å². The Morgan fingerprint density at radius 3 is 2.88 bits per heavy atom. The first-order chi connectivity index (χ1) is 8.01. The number of nitrogens with zero attached hydrogens (tertiary/aromatic N) is 3. The van der Waals surface area contributed by atoms with Gasteiger partial charge in [0.25, 0.3) is 0 Å². The second kappa shape index (κ2) is 5.94. The number of aromatic nitrogens is 1. The molecule has 0 N–H and O–H groups in total. The molecule has 0 saturated heterocycles. The van der Waals surface area contributed by atoms with Gasteiger partial charge >= 0.3 is 0 Å². The molecule has 4 nitrogen and oxygen atoms in total. The van der Waals surface area contributed by atoms with Crippen molar-refractivity contribution < 1.29 is 8.60 Å². The standard InChI is InChI=1S/C10H11ClFN3OS/c1-17(16,15-7-13)9(4-5-12)8-2-3-10(11)14-6-8/h2-3,6,9H,4-5H2,1H3. The number of nitriles is 1. The molecule has 92 valence electrons. The Morgan fingerprint density at radius 2 is 2.41 bits per heavy atom. The predicted octanol–water partition coefficient (Wildman–Crippen LogP) is 2.71. The van der Waals surface area contributed by atoms with Gasteiger partial charge in [-0.3, -0.25) is 4.39 Å². The molecule has 17 heavy (non-hydrogen) atoms. The van der Waals surface area contributed by atoms with Crippen LogP contribution in [0.5, 0.6) is 0 Å². The van der Waals surface area contributed by atoms with Crippen LogP contribution in [0.4, 0.5) is 4.39 Å². The molecule has 0 fully saturated rings. The van der Waals surface area contributed by atoms with Gasteiger partial charge in [-0.25, -0.2) is 9.19 Å². The van der Waals surface area contributed by atoms with Crippen molar-refractivity contribution in [1.82, 2.24) is 4.98 Å². The molecule has 0 aromatic carbocycles. The van der Waals surface area contributed by atoms with E-state index in [1.807, 2.05) is 0 Å². The molecule has 0 bridgehead atoms. The van der Waals surface area contributed by atoms with Gasteiger partial charge < -0.3 is 0 Å². The lowest BCUT2D eigenvalue weighted by Gasteiger charge is -2.16. The molecule has 1 heterocycles. The summed E-state index contributed by atoms with van der Waals surface area (Å²) in [6.07, 6.45) is 4.31. The van der Waals surface area contributed by atoms with Crippen LogP contribution in [0.25, 0.3) is 0 Å². The molecule has 0 aliphatic heterocycles. The normalized spacial score (nSPS) is 15.6. The van der Waals surface area contributed by atoms with Crippen molar-refractivity contribution in [3.05, 3.63) is 29.0 Å². The summed E-state index contributed by atoms with van der Waals surface area (Å²) in [5.74, 6) is 0. The molecule has 0 radical (unpaired) electrons. The number of alkyl halides is 1. The summed E-state index contributed by atoms with van der Waals surface area (Å²) < 4.78 is 28.0. The zero-order valence-corrected chi connectivity index (χ0v) is 10.7. The van der Waals surface area contributed by atoms with Crippen LogP contribution in [0, 0.1) is 11.5 Å². The predicted molar refractivity (Wildman–Crippen MR) is 64.7 cm³/mol. The second-order valence-electron chi connectivity index (χ2n) is 3.43. The first-order valence-electron chi connectivity index (χ1n) is 4.77. The summed E-state index contributed by atoms with van der Waals surface area (Å²) in [5.41, 5.74) is 0.568. The van der Waals surface area contributed by atoms with E-state index in [1.54, 1.807) is 6.07 Å². The van der Waals surface area contributed by atoms with Gasteiger partial charge in [0.05, 0.1) is 21.7 Å². The Hall–Kier alpha value is -1.19. The van der Waals surface area contributed by atoms with Crippen molar-refractivity contribution in [2.45, 2.75) is 11.7 Å². The maximum absolute atomic E-state index is 12.5. The summed E-state index contributed by atoms with van der Waals surface area (Å²) >= 11 is 5.64. The highest BCUT2D eigenvalue weighted by atomic mass is 35.5. The van der Waals surface area contributed by atoms with Crippen LogP contribution in [0.2, 0.25) is 5.15 Å². The number of rotatable bonds is 4. The van der Waals surface area contributed by atoms with Crippen LogP contribution in [0.1, 0.15) is 17.2 Å². The quantitative estimate of drug-likeness (QED) is 0.627. The Bertz CT molecular complexity index is 531. The third-order valence-corrected chi connectivity index (χ3v) is 4.47. The van der Waals surface area contributed by atoms with Crippen molar-refractivity contribution in [2.24, 2.45) is 4.36 Å². The lowest BCUT2D eigenvalue weighted by molar-refractivity contribution is 0.466. The van der Waals surface area contributed by atoms with Gasteiger partial charge in [-0.15, -0.1) is 4.36 Å². The van der Waals surface area contributed by atoms with Gasteiger partial charge in [-0.05, 0) is 18.1 Å². The van der Waals surface area contributed by atoms with Crippen LogP contribution >= 0.6 is 11.6 Å². The van der Waals surface area contributed by atoms with Gasteiger partial charge in [0, 0.05) is 12.5 Å². The third-order valence-electron chi connectivity index (χ3n) is 2.24. The first-order valence-corrected chi connectivity index (χ1v) is 7.14. The number of hydrogen-bond donors (Lipinski definition) is 0. The van der Waals surface area contributed by atoms with E-state index in [1.165, 1.54) is 24.7 Å². The fraction of sp³-hybridized carbons (Fsp3) is 0.400. The zero-order chi connectivity index (χ0) is 12.9. The van der Waals surface area contributed by atoms with Crippen LogP contribution < -0.4 is 0 Å². The SMILES string of the molecule is CS(=O)(=NC#N)C(CCF)c1ccc(Cl)nc1. The fourth-order valence-electron chi connectivity index (χ4n) is 1.46. The summed E-state index contributed by atoms with van der Waals surface area (Å²) in [6, 6.07) is 3.15. The lowest BCUT2D eigenvalue weighted by Crippen LogP contribution is -2.12. The van der Waals surface area contributed by atoms with Crippen molar-refractivity contribution in [1.29, 1.82) is 5.26 Å². The van der Waals surface area contributed by atoms with E-state index < -0.39 is 21.7 Å². The molecule has 0 aliphatic rings. The Morgan fingerprint density at radius 1 is 1.71 bits per heavy atom. The molecule has 2 atom stereocenters. The maximum atomic E-state index is 12.5. The average Bonchev–Trinajstić information content (AvgIpc) is 2.27. The minimum atomic E-state index is -2.81. The summed E-state index contributed by atoms with van der Waals surface area (Å²) in [5, 5.41) is 8.13. The molecule has 2 unspecified atom stereocenters. The van der Waals surface area contributed by atoms with E-state index >= 15 is 0 Å². The molecule has 1 aromatic heterocycles. The fourth-order valence-corrected chi connectivity index (χ4v) is 3.03. The average molecular weight is 276 g/mol. The Balaban J connectivity index is 3.20. The zero-order valence-electron chi connectivity index (χ0n) is 9.14. The highest BCUT2D eigenvalue weighted by Crippen LogP contribution is 2.27. The van der Waals surface area contributed by atoms with Crippen LogP contribution in [0.15, 0.2) is 22.7 Å². The van der Waals surface area contributed by atoms with Gasteiger partial charge in [0.15, 0.2) is 0 Å². The number of hydrogen-bond acceptors (Lipinski definition) is 4. The van der Waals surface area contributed by atoms with Crippen molar-refractivity contribution in [2.75, 3.05) is 12.9 Å². The van der Waals surface area contributed by atoms with Gasteiger partial charge in [-0.1, -0.05) is 17.7 Å². The summed E-state index contributed by atoms with van der Waals surface area (Å²) in [4.78, 5) is 3.85. The smallest absolute Gasteiger partial charge is 0.214 e. The Labute approximate surface area is 105 Å². The topological polar surface area (TPSA) is 66.1 Å². The van der Waals surface area contributed by atoms with E-state index in [0.717, 1.165) is 0 Å². The molecule has 0 aliphatic carbocycles. The monoisotopic (exact) mass is 275 g/mol. The summed E-state index contributed by atoms with van der Waals surface area (Å²) in [6.45, 7) is -0.640. The van der Waals surface area contributed by atoms with Gasteiger partial charge in [0.2, 0.25) is 6.19 Å². The maximum Gasteiger partial charge on any atom is 0.214 e. The molecular weight excluding hydrogens is 265 g/mol. The minimum absolute atomic E-state index is 0.0316. The largest absolute Gasteiger partial charge is 0.251 e. The van der Waals surface area contributed by atoms with E-state index in [2.05, 4.69) is 9.35 Å². The highest BCUT2D eigenvalue weighted by Gasteiger charge is 2.21. The molecule has 7 heteroatoms. The van der Waals surface area contributed by atoms with Crippen molar-refractivity contribution >= 4 is 21.3 Å². The van der Waals surface area contributed by atoms with Gasteiger partial charge in [0.1, 0.15) is 5.15 Å². The molecule has 0 amide bonds. The van der Waals surface area contributed by atoms with Crippen molar-refractivity contribution in [3.63, 3.8) is 0 Å². The highest BCUT2D eigenvalue weighted by molar-refractivity contribution is 7.93. The number of pyridine rings is 1. The molecule has 0 saturated carbocycles. The van der Waals surface area contributed by atoms with Crippen LogP contribution in [-0.4, -0.2) is 22.1 Å². The third kappa shape index (κ3) is 3.65. The molecule has 0 spiro atoms. The van der Waals surface area contributed by atoms with Crippen LogP contribution in [0.3, 0.4) is 0 Å². The number of halogens is 2. The van der Waals surface area contributed by atoms with E-state index in [-0.39, 0.29) is 6.42 Å². The van der Waals surface area contributed by atoms with E-state index in [0.29, 0.717) is 10.7 Å². The van der Waals surface area contributed by atoms with Gasteiger partial charge in [-0.2, -0.15) is 5.26 Å². The second-order valence-corrected chi connectivity index (χ2v) is 6.29. The Kier molecular flexibility index (Phi) is 4.85.